The molecule has 0 aromatic heterocycles. The predicted octanol–water partition coefficient (Wildman–Crippen LogP) is 1.55. The number of phenolic OH excluding ortho intramolecular Hbond substituents is 1. The number of carbonyl (C=O) groups is 4. The van der Waals surface area contributed by atoms with Crippen LogP contribution >= 0.6 is 11.8 Å². The molecule has 9 heteroatoms. The summed E-state index contributed by atoms with van der Waals surface area (Å²) in [6, 6.07) is 0.308. The van der Waals surface area contributed by atoms with E-state index in [0.717, 1.165) is 11.8 Å². The Morgan fingerprint density at radius 1 is 1.33 bits per heavy atom. The van der Waals surface area contributed by atoms with Crippen LogP contribution in [0.2, 0.25) is 0 Å². The van der Waals surface area contributed by atoms with Crippen LogP contribution in [0.3, 0.4) is 0 Å². The van der Waals surface area contributed by atoms with E-state index in [1.807, 2.05) is 0 Å². The molecule has 27 heavy (non-hydrogen) atoms. The third kappa shape index (κ3) is 4.30. The fraction of sp³-hybridized carbons (Fsp3) is 0.333. The maximum absolute atomic E-state index is 12.4. The smallest absolute Gasteiger partial charge is 0.327 e. The van der Waals surface area contributed by atoms with Gasteiger partial charge in [0.15, 0.2) is 11.6 Å². The third-order valence-corrected chi connectivity index (χ3v) is 5.05. The second-order valence-electron chi connectivity index (χ2n) is 5.96. The molecule has 1 aromatic rings. The largest absolute Gasteiger partial charge is 0.507 e. The van der Waals surface area contributed by atoms with Gasteiger partial charge in [-0.3, -0.25) is 14.4 Å². The van der Waals surface area contributed by atoms with Crippen LogP contribution in [0.4, 0.5) is 0 Å². The highest BCUT2D eigenvalue weighted by molar-refractivity contribution is 7.98. The van der Waals surface area contributed by atoms with Crippen molar-refractivity contribution < 1.29 is 34.1 Å². The van der Waals surface area contributed by atoms with Gasteiger partial charge >= 0.3 is 5.97 Å². The molecule has 0 saturated carbocycles. The van der Waals surface area contributed by atoms with Crippen molar-refractivity contribution in [2.45, 2.75) is 25.6 Å². The van der Waals surface area contributed by atoms with Crippen molar-refractivity contribution in [1.82, 2.24) is 5.32 Å². The number of fused-ring (bicyclic) bond motifs is 1. The van der Waals surface area contributed by atoms with E-state index in [2.05, 4.69) is 5.32 Å². The summed E-state index contributed by atoms with van der Waals surface area (Å²) in [4.78, 5) is 46.8. The molecule has 0 fully saturated rings. The SMILES string of the molecule is COc1cc2c(c(O)c1CSC[C@H](NC(C)=O)C(=O)O)C(=O)C(C)=CC2=O. The van der Waals surface area contributed by atoms with Crippen molar-refractivity contribution in [3.63, 3.8) is 0 Å². The van der Waals surface area contributed by atoms with Gasteiger partial charge in [0.25, 0.3) is 0 Å². The van der Waals surface area contributed by atoms with E-state index >= 15 is 0 Å². The fourth-order valence-corrected chi connectivity index (χ4v) is 3.73. The van der Waals surface area contributed by atoms with Crippen molar-refractivity contribution in [2.75, 3.05) is 12.9 Å². The topological polar surface area (TPSA) is 130 Å². The summed E-state index contributed by atoms with van der Waals surface area (Å²) in [6.45, 7) is 2.71. The quantitative estimate of drug-likeness (QED) is 0.636. The number of amides is 1. The number of allylic oxidation sites excluding steroid dienone is 2. The van der Waals surface area contributed by atoms with E-state index in [0.29, 0.717) is 0 Å². The summed E-state index contributed by atoms with van der Waals surface area (Å²) in [5.41, 5.74) is 0.496. The van der Waals surface area contributed by atoms with Crippen molar-refractivity contribution in [1.29, 1.82) is 0 Å². The van der Waals surface area contributed by atoms with Gasteiger partial charge in [-0.1, -0.05) is 0 Å². The number of aromatic hydroxyl groups is 1. The molecule has 1 aliphatic rings. The molecule has 0 aliphatic heterocycles. The highest BCUT2D eigenvalue weighted by Gasteiger charge is 2.30. The minimum absolute atomic E-state index is 0.0421. The Morgan fingerprint density at radius 2 is 2.00 bits per heavy atom. The molecule has 0 heterocycles. The number of methoxy groups -OCH3 is 1. The molecule has 144 valence electrons. The number of carboxylic acids is 1. The molecule has 0 spiro atoms. The van der Waals surface area contributed by atoms with Crippen LogP contribution in [-0.2, 0) is 15.3 Å². The lowest BCUT2D eigenvalue weighted by molar-refractivity contribution is -0.140. The average molecular weight is 393 g/mol. The molecule has 1 aromatic carbocycles. The second kappa shape index (κ2) is 8.26. The summed E-state index contributed by atoms with van der Waals surface area (Å²) in [5, 5.41) is 22.0. The molecule has 1 amide bonds. The minimum atomic E-state index is -1.18. The number of thioether (sulfide) groups is 1. The van der Waals surface area contributed by atoms with E-state index < -0.39 is 29.5 Å². The second-order valence-corrected chi connectivity index (χ2v) is 6.99. The molecule has 0 unspecified atom stereocenters. The molecule has 1 aliphatic carbocycles. The minimum Gasteiger partial charge on any atom is -0.507 e. The van der Waals surface area contributed by atoms with Crippen LogP contribution < -0.4 is 10.1 Å². The van der Waals surface area contributed by atoms with Crippen LogP contribution in [0, 0.1) is 0 Å². The first-order valence-electron chi connectivity index (χ1n) is 7.95. The Kier molecular flexibility index (Phi) is 6.27. The van der Waals surface area contributed by atoms with Crippen molar-refractivity contribution in [3.05, 3.63) is 34.4 Å². The van der Waals surface area contributed by atoms with Crippen LogP contribution in [0.15, 0.2) is 17.7 Å². The average Bonchev–Trinajstić information content (AvgIpc) is 2.59. The third-order valence-electron chi connectivity index (χ3n) is 3.99. The number of carboxylic acid groups (broad SMARTS) is 1. The molecule has 0 saturated heterocycles. The lowest BCUT2D eigenvalue weighted by Crippen LogP contribution is -2.41. The Bertz CT molecular complexity index is 860. The molecule has 0 radical (unpaired) electrons. The molecule has 2 rings (SSSR count). The van der Waals surface area contributed by atoms with Crippen LogP contribution in [0.25, 0.3) is 0 Å². The zero-order valence-corrected chi connectivity index (χ0v) is 15.8. The number of ether oxygens (including phenoxy) is 1. The predicted molar refractivity (Wildman–Crippen MR) is 98.5 cm³/mol. The number of Topliss-reactive ketones (excluding diaryl/α,β-unsaturated/α-hetero) is 1. The Morgan fingerprint density at radius 3 is 2.56 bits per heavy atom. The van der Waals surface area contributed by atoms with Crippen molar-refractivity contribution in [3.8, 4) is 11.5 Å². The van der Waals surface area contributed by atoms with E-state index in [1.165, 1.54) is 33.1 Å². The lowest BCUT2D eigenvalue weighted by atomic mass is 9.87. The van der Waals surface area contributed by atoms with Crippen LogP contribution in [-0.4, -0.2) is 52.6 Å². The fourth-order valence-electron chi connectivity index (χ4n) is 2.67. The number of rotatable bonds is 7. The number of ketones is 2. The lowest BCUT2D eigenvalue weighted by Gasteiger charge is -2.20. The van der Waals surface area contributed by atoms with Gasteiger partial charge in [-0.15, -0.1) is 0 Å². The van der Waals surface area contributed by atoms with Gasteiger partial charge in [0.1, 0.15) is 17.5 Å². The number of benzene rings is 1. The molecule has 1 atom stereocenters. The normalized spacial score (nSPS) is 14.3. The molecular weight excluding hydrogens is 374 g/mol. The Balaban J connectivity index is 2.30. The van der Waals surface area contributed by atoms with Crippen LogP contribution in [0.5, 0.6) is 11.5 Å². The summed E-state index contributed by atoms with van der Waals surface area (Å²) in [5.74, 6) is -2.46. The number of nitrogens with one attached hydrogen (secondary N) is 1. The van der Waals surface area contributed by atoms with Gasteiger partial charge < -0.3 is 20.3 Å². The monoisotopic (exact) mass is 393 g/mol. The Hall–Kier alpha value is -2.81. The van der Waals surface area contributed by atoms with E-state index in [1.54, 1.807) is 0 Å². The van der Waals surface area contributed by atoms with Gasteiger partial charge in [-0.25, -0.2) is 4.79 Å². The maximum Gasteiger partial charge on any atom is 0.327 e. The van der Waals surface area contributed by atoms with Crippen molar-refractivity contribution in [2.24, 2.45) is 0 Å². The summed E-state index contributed by atoms with van der Waals surface area (Å²) in [7, 11) is 1.36. The van der Waals surface area contributed by atoms with Gasteiger partial charge in [0, 0.05) is 35.1 Å². The van der Waals surface area contributed by atoms with E-state index in [4.69, 9.17) is 9.84 Å². The molecule has 8 nitrogen and oxygen atoms in total. The van der Waals surface area contributed by atoms with Gasteiger partial charge in [0.05, 0.1) is 12.7 Å². The van der Waals surface area contributed by atoms with Gasteiger partial charge in [-0.05, 0) is 19.1 Å². The highest BCUT2D eigenvalue weighted by atomic mass is 32.2. The molecule has 3 N–H and O–H groups in total. The molecular formula is C18H19NO7S. The summed E-state index contributed by atoms with van der Waals surface area (Å²) >= 11 is 1.14. The van der Waals surface area contributed by atoms with Crippen molar-refractivity contribution >= 4 is 35.2 Å². The maximum atomic E-state index is 12.4. The number of hydrogen-bond donors (Lipinski definition) is 3. The summed E-state index contributed by atoms with van der Waals surface area (Å²) < 4.78 is 5.23. The number of aliphatic carboxylic acids is 1. The first-order valence-corrected chi connectivity index (χ1v) is 9.10. The zero-order chi connectivity index (χ0) is 20.3. The number of hydrogen-bond acceptors (Lipinski definition) is 7. The number of phenols is 1. The zero-order valence-electron chi connectivity index (χ0n) is 15.0. The van der Waals surface area contributed by atoms with E-state index in [9.17, 15) is 24.3 Å². The first kappa shape index (κ1) is 20.5. The molecule has 0 bridgehead atoms. The van der Waals surface area contributed by atoms with E-state index in [-0.39, 0.29) is 45.3 Å². The Labute approximate surface area is 159 Å². The highest BCUT2D eigenvalue weighted by Crippen LogP contribution is 2.39. The standard InChI is InChI=1S/C18H19NO7S/c1-8-4-13(21)10-5-14(26-3)11(17(23)15(10)16(8)22)6-27-7-12(18(24)25)19-9(2)20/h4-5,12,23H,6-7H2,1-3H3,(H,19,20)(H,24,25)/t12-/m0/s1. The van der Waals surface area contributed by atoms with Gasteiger partial charge in [-0.2, -0.15) is 11.8 Å². The number of carbonyl (C=O) groups excluding carboxylic acids is 3. The van der Waals surface area contributed by atoms with Crippen LogP contribution in [0.1, 0.15) is 40.1 Å². The summed E-state index contributed by atoms with van der Waals surface area (Å²) in [6.07, 6.45) is 1.21. The first-order chi connectivity index (χ1) is 12.7. The van der Waals surface area contributed by atoms with Gasteiger partial charge in [0.2, 0.25) is 5.91 Å².